The van der Waals surface area contributed by atoms with Crippen LogP contribution in [-0.2, 0) is 14.3 Å². The molecule has 0 radical (unpaired) electrons. The second-order valence-electron chi connectivity index (χ2n) is 8.38. The minimum absolute atomic E-state index is 0.0850. The molecule has 1 heterocycles. The van der Waals surface area contributed by atoms with Crippen LogP contribution in [0.5, 0.6) is 0 Å². The van der Waals surface area contributed by atoms with Crippen LogP contribution >= 0.6 is 0 Å². The molecule has 8 heteroatoms. The van der Waals surface area contributed by atoms with Crippen molar-refractivity contribution in [3.8, 4) is 0 Å². The van der Waals surface area contributed by atoms with Gasteiger partial charge in [0.2, 0.25) is 0 Å². The van der Waals surface area contributed by atoms with E-state index in [1.54, 1.807) is 11.8 Å². The van der Waals surface area contributed by atoms with Crippen LogP contribution < -0.4 is 10.6 Å². The number of hydrogen-bond donors (Lipinski definition) is 1. The van der Waals surface area contributed by atoms with Crippen molar-refractivity contribution in [2.45, 2.75) is 58.5 Å². The van der Waals surface area contributed by atoms with E-state index >= 15 is 0 Å². The maximum absolute atomic E-state index is 12.2. The second-order valence-corrected chi connectivity index (χ2v) is 8.38. The van der Waals surface area contributed by atoms with Crippen molar-refractivity contribution >= 4 is 23.8 Å². The largest absolute Gasteiger partial charge is 0.466 e. The molecule has 1 aliphatic rings. The number of carbonyl (C=O) groups excluding carboxylic acids is 3. The van der Waals surface area contributed by atoms with Gasteiger partial charge in [-0.2, -0.15) is 0 Å². The van der Waals surface area contributed by atoms with Crippen LogP contribution in [0.3, 0.4) is 0 Å². The van der Waals surface area contributed by atoms with Crippen LogP contribution in [0.2, 0.25) is 0 Å². The first-order valence-corrected chi connectivity index (χ1v) is 10.4. The van der Waals surface area contributed by atoms with Crippen molar-refractivity contribution in [2.24, 2.45) is 5.73 Å². The standard InChI is InChI=1S/C22H33N3O5/c1-5-29-19(26)12-15-25(20(23)27)18-8-6-16(7-9-18)17-10-13-24(14-11-17)21(28)30-22(2,3)4/h6-9,17H,5,10-15H2,1-4H3,(H2,23,27). The van der Waals surface area contributed by atoms with E-state index in [0.29, 0.717) is 31.3 Å². The van der Waals surface area contributed by atoms with Crippen molar-refractivity contribution < 1.29 is 23.9 Å². The molecule has 0 aliphatic carbocycles. The summed E-state index contributed by atoms with van der Waals surface area (Å²) in [6.45, 7) is 9.09. The quantitative estimate of drug-likeness (QED) is 0.709. The molecule has 0 spiro atoms. The molecule has 0 saturated carbocycles. The lowest BCUT2D eigenvalue weighted by Crippen LogP contribution is -2.41. The van der Waals surface area contributed by atoms with E-state index in [0.717, 1.165) is 18.4 Å². The molecule has 2 rings (SSSR count). The third-order valence-corrected chi connectivity index (χ3v) is 4.93. The van der Waals surface area contributed by atoms with E-state index in [4.69, 9.17) is 15.2 Å². The number of piperidine rings is 1. The van der Waals surface area contributed by atoms with Gasteiger partial charge < -0.3 is 20.1 Å². The third kappa shape index (κ3) is 6.93. The summed E-state index contributed by atoms with van der Waals surface area (Å²) in [5.74, 6) is -0.0311. The summed E-state index contributed by atoms with van der Waals surface area (Å²) >= 11 is 0. The smallest absolute Gasteiger partial charge is 0.410 e. The Morgan fingerprint density at radius 3 is 2.23 bits per heavy atom. The fourth-order valence-electron chi connectivity index (χ4n) is 3.45. The topological polar surface area (TPSA) is 102 Å². The summed E-state index contributed by atoms with van der Waals surface area (Å²) in [4.78, 5) is 38.7. The molecule has 0 unspecified atom stereocenters. The van der Waals surface area contributed by atoms with Crippen LogP contribution in [0.15, 0.2) is 24.3 Å². The van der Waals surface area contributed by atoms with E-state index in [-0.39, 0.29) is 25.0 Å². The number of benzene rings is 1. The number of anilines is 1. The van der Waals surface area contributed by atoms with E-state index < -0.39 is 11.6 Å². The van der Waals surface area contributed by atoms with E-state index in [1.807, 2.05) is 45.0 Å². The van der Waals surface area contributed by atoms with Crippen LogP contribution in [0.1, 0.15) is 58.4 Å². The molecule has 8 nitrogen and oxygen atoms in total. The summed E-state index contributed by atoms with van der Waals surface area (Å²) in [5, 5.41) is 0. The summed E-state index contributed by atoms with van der Waals surface area (Å²) < 4.78 is 10.3. The van der Waals surface area contributed by atoms with Crippen molar-refractivity contribution in [3.63, 3.8) is 0 Å². The first-order valence-electron chi connectivity index (χ1n) is 10.4. The molecule has 0 bridgehead atoms. The Morgan fingerprint density at radius 1 is 1.13 bits per heavy atom. The van der Waals surface area contributed by atoms with Gasteiger partial charge in [0.25, 0.3) is 0 Å². The Hall–Kier alpha value is -2.77. The molecule has 1 fully saturated rings. The third-order valence-electron chi connectivity index (χ3n) is 4.93. The molecular formula is C22H33N3O5. The molecular weight excluding hydrogens is 386 g/mol. The number of nitrogens with zero attached hydrogens (tertiary/aromatic N) is 2. The number of ether oxygens (including phenoxy) is 2. The predicted octanol–water partition coefficient (Wildman–Crippen LogP) is 3.64. The van der Waals surface area contributed by atoms with Crippen molar-refractivity contribution in [1.82, 2.24) is 4.90 Å². The molecule has 1 saturated heterocycles. The molecule has 2 N–H and O–H groups in total. The number of urea groups is 1. The van der Waals surface area contributed by atoms with E-state index in [9.17, 15) is 14.4 Å². The highest BCUT2D eigenvalue weighted by Gasteiger charge is 2.27. The monoisotopic (exact) mass is 419 g/mol. The highest BCUT2D eigenvalue weighted by molar-refractivity contribution is 5.91. The number of amides is 3. The summed E-state index contributed by atoms with van der Waals surface area (Å²) in [6, 6.07) is 7.02. The maximum Gasteiger partial charge on any atom is 0.410 e. The van der Waals surface area contributed by atoms with E-state index in [2.05, 4.69) is 0 Å². The van der Waals surface area contributed by atoms with Gasteiger partial charge in [0.15, 0.2) is 0 Å². The number of primary amides is 1. The zero-order valence-electron chi connectivity index (χ0n) is 18.3. The summed E-state index contributed by atoms with van der Waals surface area (Å²) in [7, 11) is 0. The zero-order valence-corrected chi connectivity index (χ0v) is 18.3. The Bertz CT molecular complexity index is 734. The minimum Gasteiger partial charge on any atom is -0.466 e. The molecule has 30 heavy (non-hydrogen) atoms. The number of rotatable bonds is 6. The Kier molecular flexibility index (Phi) is 8.08. The lowest BCUT2D eigenvalue weighted by atomic mass is 9.89. The van der Waals surface area contributed by atoms with Gasteiger partial charge in [-0.15, -0.1) is 0 Å². The Balaban J connectivity index is 1.94. The molecule has 166 valence electrons. The van der Waals surface area contributed by atoms with Crippen molar-refractivity contribution in [3.05, 3.63) is 29.8 Å². The molecule has 0 atom stereocenters. The molecule has 1 aliphatic heterocycles. The van der Waals surface area contributed by atoms with Crippen LogP contribution in [0.4, 0.5) is 15.3 Å². The number of esters is 1. The van der Waals surface area contributed by atoms with Gasteiger partial charge >= 0.3 is 18.1 Å². The maximum atomic E-state index is 12.2. The fourth-order valence-corrected chi connectivity index (χ4v) is 3.45. The van der Waals surface area contributed by atoms with E-state index in [1.165, 1.54) is 4.90 Å². The van der Waals surface area contributed by atoms with Gasteiger partial charge in [-0.25, -0.2) is 9.59 Å². The van der Waals surface area contributed by atoms with Gasteiger partial charge in [0.1, 0.15) is 5.60 Å². The Labute approximate surface area is 178 Å². The summed E-state index contributed by atoms with van der Waals surface area (Å²) in [5.41, 5.74) is 6.78. The minimum atomic E-state index is -0.613. The number of nitrogens with two attached hydrogens (primary N) is 1. The Morgan fingerprint density at radius 2 is 1.73 bits per heavy atom. The fraction of sp³-hybridized carbons (Fsp3) is 0.591. The molecule has 3 amide bonds. The number of likely N-dealkylation sites (tertiary alicyclic amines) is 1. The van der Waals surface area contributed by atoms with Crippen molar-refractivity contribution in [1.29, 1.82) is 0 Å². The highest BCUT2D eigenvalue weighted by Crippen LogP contribution is 2.30. The van der Waals surface area contributed by atoms with Gasteiger partial charge in [0.05, 0.1) is 13.0 Å². The highest BCUT2D eigenvalue weighted by atomic mass is 16.6. The first-order chi connectivity index (χ1) is 14.1. The lowest BCUT2D eigenvalue weighted by Gasteiger charge is -2.33. The normalized spacial score (nSPS) is 14.9. The second kappa shape index (κ2) is 10.3. The van der Waals surface area contributed by atoms with Crippen LogP contribution in [0.25, 0.3) is 0 Å². The van der Waals surface area contributed by atoms with Gasteiger partial charge in [-0.3, -0.25) is 9.69 Å². The average molecular weight is 420 g/mol. The molecule has 1 aromatic carbocycles. The number of carbonyl (C=O) groups is 3. The number of hydrogen-bond acceptors (Lipinski definition) is 5. The van der Waals surface area contributed by atoms with Gasteiger partial charge in [-0.05, 0) is 64.2 Å². The van der Waals surface area contributed by atoms with Crippen molar-refractivity contribution in [2.75, 3.05) is 31.1 Å². The SMILES string of the molecule is CCOC(=O)CCN(C(N)=O)c1ccc(C2CCN(C(=O)OC(C)(C)C)CC2)cc1. The van der Waals surface area contributed by atoms with Crippen LogP contribution in [-0.4, -0.2) is 54.8 Å². The zero-order chi connectivity index (χ0) is 22.3. The average Bonchev–Trinajstić information content (AvgIpc) is 2.67. The van der Waals surface area contributed by atoms with Gasteiger partial charge in [0, 0.05) is 25.3 Å². The van der Waals surface area contributed by atoms with Crippen LogP contribution in [0, 0.1) is 0 Å². The molecule has 1 aromatic rings. The lowest BCUT2D eigenvalue weighted by molar-refractivity contribution is -0.142. The summed E-state index contributed by atoms with van der Waals surface area (Å²) in [6.07, 6.45) is 1.51. The molecule has 0 aromatic heterocycles. The van der Waals surface area contributed by atoms with Gasteiger partial charge in [-0.1, -0.05) is 12.1 Å². The first kappa shape index (κ1) is 23.5. The predicted molar refractivity (Wildman–Crippen MR) is 114 cm³/mol.